The number of fused-ring (bicyclic) bond motifs is 1. The summed E-state index contributed by atoms with van der Waals surface area (Å²) in [5, 5.41) is -0.148. The number of sulfone groups is 1. The minimum atomic E-state index is -3.41. The maximum Gasteiger partial charge on any atom is 0.246 e. The summed E-state index contributed by atoms with van der Waals surface area (Å²) in [6.45, 7) is 1.60. The average molecular weight is 351 g/mol. The normalized spacial score (nSPS) is 15.1. The molecule has 0 N–H and O–H groups in total. The zero-order valence-electron chi connectivity index (χ0n) is 13.5. The van der Waals surface area contributed by atoms with E-state index in [2.05, 4.69) is 14.9 Å². The van der Waals surface area contributed by atoms with Gasteiger partial charge in [0.2, 0.25) is 15.0 Å². The number of rotatable bonds is 4. The van der Waals surface area contributed by atoms with E-state index in [1.165, 1.54) is 13.2 Å². The largest absolute Gasteiger partial charge is 0.496 e. The van der Waals surface area contributed by atoms with Gasteiger partial charge in [0, 0.05) is 49.6 Å². The quantitative estimate of drug-likeness (QED) is 0.779. The molecule has 0 saturated heterocycles. The van der Waals surface area contributed by atoms with E-state index in [9.17, 15) is 12.8 Å². The SMILES string of the molecule is COc1cccc(F)c1CN1CCc2nc(S(C)(=O)=O)ncc2C1. The van der Waals surface area contributed by atoms with Crippen molar-refractivity contribution >= 4 is 9.84 Å². The zero-order valence-corrected chi connectivity index (χ0v) is 14.3. The van der Waals surface area contributed by atoms with Crippen LogP contribution in [0.5, 0.6) is 5.75 Å². The first-order chi connectivity index (χ1) is 11.4. The second-order valence-corrected chi connectivity index (χ2v) is 7.69. The summed E-state index contributed by atoms with van der Waals surface area (Å²) in [5.41, 5.74) is 2.11. The Morgan fingerprint density at radius 3 is 2.88 bits per heavy atom. The van der Waals surface area contributed by atoms with Crippen molar-refractivity contribution in [1.29, 1.82) is 0 Å². The average Bonchev–Trinajstić information content (AvgIpc) is 2.55. The van der Waals surface area contributed by atoms with Gasteiger partial charge in [0.1, 0.15) is 11.6 Å². The van der Waals surface area contributed by atoms with Crippen LogP contribution in [0.25, 0.3) is 0 Å². The van der Waals surface area contributed by atoms with Crippen molar-refractivity contribution in [3.63, 3.8) is 0 Å². The van der Waals surface area contributed by atoms with E-state index in [0.29, 0.717) is 37.4 Å². The smallest absolute Gasteiger partial charge is 0.246 e. The van der Waals surface area contributed by atoms with Crippen LogP contribution in [0.4, 0.5) is 4.39 Å². The number of ether oxygens (including phenoxy) is 1. The van der Waals surface area contributed by atoms with Gasteiger partial charge in [-0.15, -0.1) is 0 Å². The molecule has 0 fully saturated rings. The van der Waals surface area contributed by atoms with E-state index in [0.717, 1.165) is 17.5 Å². The Morgan fingerprint density at radius 2 is 2.17 bits per heavy atom. The predicted octanol–water partition coefficient (Wildman–Crippen LogP) is 1.59. The molecule has 2 aromatic rings. The molecule has 1 aromatic heterocycles. The molecule has 0 unspecified atom stereocenters. The van der Waals surface area contributed by atoms with E-state index in [-0.39, 0.29) is 11.0 Å². The lowest BCUT2D eigenvalue weighted by Gasteiger charge is -2.28. The molecule has 128 valence electrons. The van der Waals surface area contributed by atoms with Gasteiger partial charge < -0.3 is 4.74 Å². The van der Waals surface area contributed by atoms with Crippen molar-refractivity contribution < 1.29 is 17.5 Å². The van der Waals surface area contributed by atoms with Crippen LogP contribution in [0, 0.1) is 5.82 Å². The molecule has 0 atom stereocenters. The molecule has 24 heavy (non-hydrogen) atoms. The number of hydrogen-bond acceptors (Lipinski definition) is 6. The maximum absolute atomic E-state index is 14.1. The fraction of sp³-hybridized carbons (Fsp3) is 0.375. The fourth-order valence-corrected chi connectivity index (χ4v) is 3.30. The van der Waals surface area contributed by atoms with E-state index in [1.54, 1.807) is 18.3 Å². The van der Waals surface area contributed by atoms with Crippen LogP contribution in [-0.2, 0) is 29.3 Å². The van der Waals surface area contributed by atoms with Crippen molar-refractivity contribution in [2.24, 2.45) is 0 Å². The van der Waals surface area contributed by atoms with Crippen molar-refractivity contribution in [2.45, 2.75) is 24.7 Å². The molecular formula is C16H18FN3O3S. The standard InChI is InChI=1S/C16H18FN3O3S/c1-23-15-5-3-4-13(17)12(15)10-20-7-6-14-11(9-20)8-18-16(19-14)24(2,21)22/h3-5,8H,6-7,9-10H2,1-2H3. The van der Waals surface area contributed by atoms with Gasteiger partial charge in [0.15, 0.2) is 0 Å². The molecule has 3 rings (SSSR count). The summed E-state index contributed by atoms with van der Waals surface area (Å²) in [7, 11) is -1.90. The Bertz CT molecular complexity index is 871. The van der Waals surface area contributed by atoms with Crippen molar-refractivity contribution in [2.75, 3.05) is 19.9 Å². The number of methoxy groups -OCH3 is 1. The molecule has 0 saturated carbocycles. The first-order valence-electron chi connectivity index (χ1n) is 7.47. The van der Waals surface area contributed by atoms with Crippen LogP contribution in [0.2, 0.25) is 0 Å². The monoisotopic (exact) mass is 351 g/mol. The molecule has 1 aromatic carbocycles. The Morgan fingerprint density at radius 1 is 1.38 bits per heavy atom. The molecule has 1 aliphatic heterocycles. The number of nitrogens with zero attached hydrogens (tertiary/aromatic N) is 3. The lowest BCUT2D eigenvalue weighted by molar-refractivity contribution is 0.234. The minimum absolute atomic E-state index is 0.148. The molecule has 0 radical (unpaired) electrons. The van der Waals surface area contributed by atoms with E-state index < -0.39 is 9.84 Å². The molecule has 0 bridgehead atoms. The van der Waals surface area contributed by atoms with Gasteiger partial charge in [-0.1, -0.05) is 6.07 Å². The Kier molecular flexibility index (Phi) is 4.51. The van der Waals surface area contributed by atoms with Crippen LogP contribution in [-0.4, -0.2) is 43.2 Å². The summed E-state index contributed by atoms with van der Waals surface area (Å²) in [6, 6.07) is 4.76. The molecule has 1 aliphatic rings. The third-order valence-electron chi connectivity index (χ3n) is 4.00. The lowest BCUT2D eigenvalue weighted by Crippen LogP contribution is -2.31. The maximum atomic E-state index is 14.1. The van der Waals surface area contributed by atoms with Gasteiger partial charge >= 0.3 is 0 Å². The highest BCUT2D eigenvalue weighted by Gasteiger charge is 2.22. The van der Waals surface area contributed by atoms with Gasteiger partial charge in [0.05, 0.1) is 12.8 Å². The highest BCUT2D eigenvalue weighted by molar-refractivity contribution is 7.90. The van der Waals surface area contributed by atoms with Gasteiger partial charge in [0.25, 0.3) is 0 Å². The molecule has 8 heteroatoms. The van der Waals surface area contributed by atoms with Crippen molar-refractivity contribution in [3.8, 4) is 5.75 Å². The number of hydrogen-bond donors (Lipinski definition) is 0. The molecule has 6 nitrogen and oxygen atoms in total. The van der Waals surface area contributed by atoms with Crippen LogP contribution in [0.15, 0.2) is 29.6 Å². The summed E-state index contributed by atoms with van der Waals surface area (Å²) in [4.78, 5) is 10.1. The van der Waals surface area contributed by atoms with Crippen LogP contribution in [0.3, 0.4) is 0 Å². The van der Waals surface area contributed by atoms with E-state index in [1.807, 2.05) is 0 Å². The second-order valence-electron chi connectivity index (χ2n) is 5.78. The first kappa shape index (κ1) is 16.8. The molecule has 0 spiro atoms. The van der Waals surface area contributed by atoms with Gasteiger partial charge in [-0.25, -0.2) is 22.8 Å². The van der Waals surface area contributed by atoms with Gasteiger partial charge in [-0.3, -0.25) is 4.90 Å². The van der Waals surface area contributed by atoms with Crippen LogP contribution < -0.4 is 4.74 Å². The van der Waals surface area contributed by atoms with Crippen LogP contribution >= 0.6 is 0 Å². The lowest BCUT2D eigenvalue weighted by atomic mass is 10.1. The Balaban J connectivity index is 1.82. The topological polar surface area (TPSA) is 72.4 Å². The summed E-state index contributed by atoms with van der Waals surface area (Å²) in [5.74, 6) is 0.216. The summed E-state index contributed by atoms with van der Waals surface area (Å²) >= 11 is 0. The summed E-state index contributed by atoms with van der Waals surface area (Å²) < 4.78 is 42.4. The number of halogens is 1. The van der Waals surface area contributed by atoms with Gasteiger partial charge in [-0.2, -0.15) is 0 Å². The van der Waals surface area contributed by atoms with Crippen LogP contribution in [0.1, 0.15) is 16.8 Å². The predicted molar refractivity (Wildman–Crippen MR) is 85.9 cm³/mol. The highest BCUT2D eigenvalue weighted by atomic mass is 32.2. The number of benzene rings is 1. The van der Waals surface area contributed by atoms with Crippen molar-refractivity contribution in [3.05, 3.63) is 47.0 Å². The second kappa shape index (κ2) is 6.45. The molecule has 2 heterocycles. The molecular weight excluding hydrogens is 333 g/mol. The minimum Gasteiger partial charge on any atom is -0.496 e. The van der Waals surface area contributed by atoms with E-state index in [4.69, 9.17) is 4.74 Å². The third kappa shape index (κ3) is 3.39. The molecule has 0 aliphatic carbocycles. The van der Waals surface area contributed by atoms with Crippen molar-refractivity contribution in [1.82, 2.24) is 14.9 Å². The Labute approximate surface area is 140 Å². The number of aromatic nitrogens is 2. The zero-order chi connectivity index (χ0) is 17.3. The fourth-order valence-electron chi connectivity index (χ4n) is 2.78. The first-order valence-corrected chi connectivity index (χ1v) is 9.36. The Hall–Kier alpha value is -2.06. The third-order valence-corrected chi connectivity index (χ3v) is 4.86. The van der Waals surface area contributed by atoms with Gasteiger partial charge in [-0.05, 0) is 12.1 Å². The van der Waals surface area contributed by atoms with E-state index >= 15 is 0 Å². The molecule has 0 amide bonds. The summed E-state index contributed by atoms with van der Waals surface area (Å²) in [6.07, 6.45) is 3.23. The highest BCUT2D eigenvalue weighted by Crippen LogP contribution is 2.26.